The number of phosphoric ester groups is 2. The maximum atomic E-state index is 14.3. The van der Waals surface area contributed by atoms with Gasteiger partial charge in [-0.15, -0.1) is 0 Å². The molecule has 6 aliphatic rings. The molecular formula is C88H110N20O32P6S2. The number of nitrogens with one attached hydrogen (secondary N) is 8. The van der Waals surface area contributed by atoms with E-state index in [4.69, 9.17) is 58.1 Å². The molecule has 4 aromatic carbocycles. The van der Waals surface area contributed by atoms with Gasteiger partial charge < -0.3 is 130 Å². The average molecular weight is 2210 g/mol. The molecule has 4 aromatic heterocycles. The van der Waals surface area contributed by atoms with Crippen molar-refractivity contribution in [2.24, 2.45) is 0 Å². The summed E-state index contributed by atoms with van der Waals surface area (Å²) in [5.41, 5.74) is 25.2. The molecule has 0 bridgehead atoms. The largest absolute Gasteiger partial charge is 0.779 e. The number of ether oxygens (including phenoxy) is 4. The SMILES string of the molecule is CCNc1cc2oc3cc(=[NH+]CC)c(C)cc-3c(-c3ccccc3C(=O)N(C)CCCC(=O)NCCNC(=O)O[C@@H]3[C@H](O)[C@@H](COP(=O)(O)OP(=O)(O)OP([O-])(O)=S)O[C@H]3n3cnc4c(N)ncnc43)c2cc1C.CCNc1cc2oc3cc(=[NH+]CC)c(C)cc-3c(-c3ccccc3C(=O)N(C)CCCC(=O)NCCNC(=O)O[C@H]3[C@@H](O)[C@H](n4cnc5c(N)ncnc54)O[C@@H]3COP(=O)(O)OP(=O)(O)OP([O-])(O)=S)c2cc1C. The van der Waals surface area contributed by atoms with Gasteiger partial charge >= 0.3 is 43.5 Å². The highest BCUT2D eigenvalue weighted by atomic mass is 32.5. The highest BCUT2D eigenvalue weighted by Crippen LogP contribution is 2.67. The van der Waals surface area contributed by atoms with Crippen molar-refractivity contribution in [3.05, 3.63) is 166 Å². The van der Waals surface area contributed by atoms with Crippen LogP contribution < -0.4 is 73.9 Å². The zero-order chi connectivity index (χ0) is 107. The lowest BCUT2D eigenvalue weighted by atomic mass is 9.89. The van der Waals surface area contributed by atoms with E-state index in [0.29, 0.717) is 46.7 Å². The average Bonchev–Trinajstić information content (AvgIpc) is 1.26. The molecule has 2 saturated heterocycles. The number of hydrogen-bond acceptors (Lipinski definition) is 38. The number of nitrogens with two attached hydrogens (primary N) is 2. The van der Waals surface area contributed by atoms with Crippen molar-refractivity contribution < 1.29 is 160 Å². The van der Waals surface area contributed by atoms with Crippen LogP contribution in [0.3, 0.4) is 0 Å². The minimum Gasteiger partial charge on any atom is -0.779 e. The predicted octanol–water partition coefficient (Wildman–Crippen LogP) is 3.65. The van der Waals surface area contributed by atoms with Crippen molar-refractivity contribution in [1.29, 1.82) is 0 Å². The van der Waals surface area contributed by atoms with E-state index in [-0.39, 0.29) is 110 Å². The molecule has 8 aromatic rings. The molecule has 60 heteroatoms. The summed E-state index contributed by atoms with van der Waals surface area (Å²) in [6.45, 7) is 6.74. The molecule has 52 nitrogen and oxygen atoms in total. The predicted molar refractivity (Wildman–Crippen MR) is 536 cm³/mol. The zero-order valence-corrected chi connectivity index (χ0v) is 88.0. The van der Waals surface area contributed by atoms with Crippen LogP contribution in [0.4, 0.5) is 32.6 Å². The number of hydrogen-bond donors (Lipinski definition) is 18. The fourth-order valence-corrected chi connectivity index (χ4v) is 24.1. The van der Waals surface area contributed by atoms with Crippen LogP contribution in [0.5, 0.6) is 0 Å². The van der Waals surface area contributed by atoms with Gasteiger partial charge in [0.05, 0.1) is 38.0 Å². The number of carbonyl (C=O) groups is 6. The molecule has 2 aliphatic carbocycles. The molecule has 2 fully saturated rings. The van der Waals surface area contributed by atoms with Crippen LogP contribution in [-0.2, 0) is 96.7 Å². The van der Waals surface area contributed by atoms with Gasteiger partial charge in [0.1, 0.15) is 97.3 Å². The number of aromatic nitrogens is 8. The molecule has 6 unspecified atom stereocenters. The summed E-state index contributed by atoms with van der Waals surface area (Å²) in [7, 11) is -19.3. The molecule has 796 valence electrons. The highest BCUT2D eigenvalue weighted by Gasteiger charge is 2.52. The number of nitrogens with zero attached hydrogens (tertiary/aromatic N) is 10. The number of phosphoric acid groups is 4. The van der Waals surface area contributed by atoms with E-state index in [0.717, 1.165) is 127 Å². The van der Waals surface area contributed by atoms with Gasteiger partial charge in [-0.25, -0.2) is 76.4 Å². The monoisotopic (exact) mass is 2210 g/mol. The van der Waals surface area contributed by atoms with E-state index in [1.165, 1.54) is 21.8 Å². The van der Waals surface area contributed by atoms with Gasteiger partial charge in [0.15, 0.2) is 47.6 Å². The van der Waals surface area contributed by atoms with Crippen molar-refractivity contribution in [3.63, 3.8) is 0 Å². The Morgan fingerprint density at radius 3 is 1.31 bits per heavy atom. The zero-order valence-electron chi connectivity index (χ0n) is 81.0. The number of alkyl carbamates (subject to hydrolysis) is 2. The van der Waals surface area contributed by atoms with Crippen LogP contribution in [0, 0.1) is 27.7 Å². The van der Waals surface area contributed by atoms with Crippen molar-refractivity contribution >= 4 is 171 Å². The Kier molecular flexibility index (Phi) is 37.3. The molecular weight excluding hydrogens is 2100 g/mol. The number of aryl methyl sites for hydroxylation is 4. The van der Waals surface area contributed by atoms with E-state index in [2.05, 4.69) is 137 Å². The second-order valence-electron chi connectivity index (χ2n) is 33.8. The van der Waals surface area contributed by atoms with E-state index in [9.17, 15) is 86.6 Å². The highest BCUT2D eigenvalue weighted by molar-refractivity contribution is 8.07. The lowest BCUT2D eigenvalue weighted by Gasteiger charge is -2.24. The Morgan fingerprint density at radius 1 is 0.493 bits per heavy atom. The number of rotatable bonds is 42. The van der Waals surface area contributed by atoms with Crippen molar-refractivity contribution in [2.45, 2.75) is 130 Å². The summed E-state index contributed by atoms with van der Waals surface area (Å²) in [5, 5.41) is 43.2. The Morgan fingerprint density at radius 2 is 0.892 bits per heavy atom. The fourth-order valence-electron chi connectivity index (χ4n) is 16.6. The van der Waals surface area contributed by atoms with Gasteiger partial charge in [-0.3, -0.25) is 37.4 Å². The van der Waals surface area contributed by atoms with Gasteiger partial charge in [-0.2, -0.15) is 8.62 Å². The van der Waals surface area contributed by atoms with Gasteiger partial charge in [0, 0.05) is 158 Å². The van der Waals surface area contributed by atoms with Crippen molar-refractivity contribution in [3.8, 4) is 44.9 Å². The second kappa shape index (κ2) is 48.6. The topological polar surface area (TPSA) is 743 Å². The maximum absolute atomic E-state index is 14.3. The summed E-state index contributed by atoms with van der Waals surface area (Å²) in [4.78, 5) is 195. The molecule has 4 aliphatic heterocycles. The van der Waals surface area contributed by atoms with Gasteiger partial charge in [-0.1, -0.05) is 60.0 Å². The number of anilines is 4. The smallest absolute Gasteiger partial charge is 0.485 e. The van der Waals surface area contributed by atoms with E-state index in [1.807, 2.05) is 110 Å². The minimum absolute atomic E-state index is 0.0206. The third-order valence-electron chi connectivity index (χ3n) is 23.1. The first-order valence-electron chi connectivity index (χ1n) is 45.8. The minimum atomic E-state index is -5.74. The number of fused-ring (bicyclic) bond motifs is 6. The molecule has 148 heavy (non-hydrogen) atoms. The molecule has 14 atom stereocenters. The molecule has 8 heterocycles. The summed E-state index contributed by atoms with van der Waals surface area (Å²) in [5.74, 6) is 0.00163. The lowest BCUT2D eigenvalue weighted by molar-refractivity contribution is -0.496. The molecule has 0 spiro atoms. The number of benzene rings is 6. The number of amides is 6. The quantitative estimate of drug-likeness (QED) is 0.0147. The number of nitrogen functional groups attached to an aromatic ring is 2. The number of aliphatic hydroxyl groups is 2. The molecule has 6 amide bonds. The van der Waals surface area contributed by atoms with Crippen LogP contribution in [0.1, 0.15) is 109 Å². The summed E-state index contributed by atoms with van der Waals surface area (Å²) in [6, 6.07) is 31.0. The molecule has 14 rings (SSSR count). The Bertz CT molecular complexity index is 7380. The van der Waals surface area contributed by atoms with Gasteiger partial charge in [-0.05, 0) is 127 Å². The Hall–Kier alpha value is -11.5. The van der Waals surface area contributed by atoms with Crippen LogP contribution >= 0.6 is 44.7 Å². The van der Waals surface area contributed by atoms with Crippen molar-refractivity contribution in [2.75, 3.05) is 115 Å². The second-order valence-corrected chi connectivity index (χ2v) is 45.3. The third-order valence-corrected chi connectivity index (χ3v) is 31.9. The van der Waals surface area contributed by atoms with E-state index >= 15 is 0 Å². The first-order chi connectivity index (χ1) is 70.0. The fraction of sp³-hybridized carbons (Fsp3) is 0.386. The number of carbonyl (C=O) groups excluding carboxylic acids is 6. The van der Waals surface area contributed by atoms with Crippen LogP contribution in [-0.4, -0.2) is 254 Å². The lowest BCUT2D eigenvalue weighted by Crippen LogP contribution is -2.76. The summed E-state index contributed by atoms with van der Waals surface area (Å²) in [6.07, 6.45) is -10.1. The first-order valence-corrected chi connectivity index (χ1v) is 57.0. The number of aliphatic hydroxyl groups excluding tert-OH is 2. The standard InChI is InChI=1S/2C44H55N10O16P3S/c1-6-46-30-19-32-28(17-24(30)3)36(29-18-25(4)31(47-7-2)20-33(29)66-32)26-11-8-9-12-27(26)42(57)53(5)16-10-13-35(55)48-14-15-49-44(58)68-39-34(21-65-71(59,60)69-72(61,62)70-73(63,64)74)67-43(38(39)56)54-23-52-37-40(45)50-22-51-41(37)54;1-6-46-30-19-32-28(17-24(30)3)36(29-18-25(4)31(47-7-2)20-33(29)66-32)26-11-8-9-12-27(26)42(57)53(5)16-10-13-35(55)48-14-15-49-44(58)68-39-38(56)34(21-65-71(59,60)69-72(61,62)70-73(63,64)74)67-43(39)54-23-52-37-40(45)50-22-51-41(37)54/h2*8-9,11-12,17-20,22-23,34,38-39,43,46,56H,6-7,10,13-16,21H2,1-5H3,(H,48,55)(H,49,58)(H,59,60)(H,61,62)(H2,45,50,51)(H2,63,64,74)/t2*34-,38-,39-,43-/m11/s1. The van der Waals surface area contributed by atoms with Crippen molar-refractivity contribution in [1.82, 2.24) is 70.1 Å². The first kappa shape index (κ1) is 114. The summed E-state index contributed by atoms with van der Waals surface area (Å²) >= 11 is 7.96. The Balaban J connectivity index is 0.000000247. The van der Waals surface area contributed by atoms with Gasteiger partial charge in [0.25, 0.3) is 11.8 Å². The summed E-state index contributed by atoms with van der Waals surface area (Å²) < 4.78 is 112. The van der Waals surface area contributed by atoms with Crippen LogP contribution in [0.2, 0.25) is 0 Å². The number of imidazole rings is 2. The molecule has 0 saturated carbocycles. The maximum Gasteiger partial charge on any atom is 0.485 e. The van der Waals surface area contributed by atoms with E-state index in [1.54, 1.807) is 42.1 Å². The normalized spacial score (nSPS) is 19.5. The Labute approximate surface area is 853 Å². The molecule has 0 radical (unpaired) electrons. The molecule has 20 N–H and O–H groups in total. The van der Waals surface area contributed by atoms with Crippen LogP contribution in [0.25, 0.3) is 89.2 Å². The van der Waals surface area contributed by atoms with Gasteiger partial charge in [0.2, 0.25) is 22.5 Å². The third kappa shape index (κ3) is 28.4. The van der Waals surface area contributed by atoms with Crippen LogP contribution in [0.15, 0.2) is 131 Å². The van der Waals surface area contributed by atoms with E-state index < -0.39 is 119 Å².